The van der Waals surface area contributed by atoms with Gasteiger partial charge in [0, 0.05) is 6.42 Å². The summed E-state index contributed by atoms with van der Waals surface area (Å²) in [7, 11) is 0. The largest absolute Gasteiger partial charge is 0.437 e. The van der Waals surface area contributed by atoms with Crippen LogP contribution >= 0.6 is 0 Å². The Kier molecular flexibility index (Phi) is 2.60. The monoisotopic (exact) mass is 236 g/mol. The van der Waals surface area contributed by atoms with Gasteiger partial charge in [-0.1, -0.05) is 30.3 Å². The highest BCUT2D eigenvalue weighted by Gasteiger charge is 2.58. The summed E-state index contributed by atoms with van der Waals surface area (Å²) >= 11 is 0. The van der Waals surface area contributed by atoms with Gasteiger partial charge in [-0.2, -0.15) is 0 Å². The molecule has 2 atom stereocenters. The molecule has 0 unspecified atom stereocenters. The van der Waals surface area contributed by atoms with Crippen LogP contribution in [0.2, 0.25) is 0 Å². The van der Waals surface area contributed by atoms with E-state index in [2.05, 4.69) is 0 Å². The molecule has 1 fully saturated rings. The lowest BCUT2D eigenvalue weighted by atomic mass is 9.87. The van der Waals surface area contributed by atoms with Gasteiger partial charge in [-0.05, 0) is 19.4 Å². The molecule has 1 amide bonds. The molecule has 0 spiro atoms. The second-order valence-corrected chi connectivity index (χ2v) is 4.65. The van der Waals surface area contributed by atoms with E-state index in [-0.39, 0.29) is 0 Å². The molecule has 0 aliphatic carbocycles. The van der Waals surface area contributed by atoms with Crippen molar-refractivity contribution >= 4 is 6.09 Å². The molecule has 1 saturated heterocycles. The first-order chi connectivity index (χ1) is 7.87. The van der Waals surface area contributed by atoms with E-state index < -0.39 is 17.4 Å². The van der Waals surface area contributed by atoms with Crippen LogP contribution in [0, 0.1) is 0 Å². The number of cyclic esters (lactones) is 1. The minimum atomic E-state index is -1.53. The second-order valence-electron chi connectivity index (χ2n) is 4.65. The Balaban J connectivity index is 2.29. The Hall–Kier alpha value is -1.59. The summed E-state index contributed by atoms with van der Waals surface area (Å²) in [6, 6.07) is 9.51. The van der Waals surface area contributed by atoms with Crippen LogP contribution in [-0.2, 0) is 11.2 Å². The summed E-state index contributed by atoms with van der Waals surface area (Å²) in [5, 5.41) is 11.0. The second kappa shape index (κ2) is 3.72. The number of hydrogen-bond acceptors (Lipinski definition) is 4. The van der Waals surface area contributed by atoms with Crippen molar-refractivity contribution in [3.63, 3.8) is 0 Å². The van der Waals surface area contributed by atoms with Crippen molar-refractivity contribution in [1.29, 1.82) is 0 Å². The molecular weight excluding hydrogens is 220 g/mol. The third-order valence-electron chi connectivity index (χ3n) is 3.36. The van der Waals surface area contributed by atoms with Crippen molar-refractivity contribution in [2.24, 2.45) is 5.84 Å². The number of aliphatic hydroxyl groups is 1. The lowest BCUT2D eigenvalue weighted by molar-refractivity contribution is -0.136. The molecule has 1 aromatic carbocycles. The summed E-state index contributed by atoms with van der Waals surface area (Å²) in [6.07, 6.45) is -0.311. The van der Waals surface area contributed by atoms with Crippen molar-refractivity contribution in [1.82, 2.24) is 5.01 Å². The number of benzene rings is 1. The van der Waals surface area contributed by atoms with Crippen molar-refractivity contribution < 1.29 is 14.6 Å². The number of hydrazine groups is 1. The molecule has 0 bridgehead atoms. The van der Waals surface area contributed by atoms with Crippen LogP contribution in [0.25, 0.3) is 0 Å². The number of amides is 1. The molecule has 0 radical (unpaired) electrons. The number of rotatable bonds is 2. The Morgan fingerprint density at radius 3 is 2.41 bits per heavy atom. The first kappa shape index (κ1) is 11.9. The van der Waals surface area contributed by atoms with Crippen LogP contribution in [0.1, 0.15) is 19.4 Å². The lowest BCUT2D eigenvalue weighted by Crippen LogP contribution is -2.58. The maximum absolute atomic E-state index is 11.4. The van der Waals surface area contributed by atoms with E-state index >= 15 is 0 Å². The van der Waals surface area contributed by atoms with Crippen LogP contribution < -0.4 is 5.84 Å². The molecule has 5 heteroatoms. The minimum Gasteiger partial charge on any atom is -0.437 e. The molecule has 2 rings (SSSR count). The summed E-state index contributed by atoms with van der Waals surface area (Å²) in [6.45, 7) is 3.14. The molecule has 3 N–H and O–H groups in total. The Bertz CT molecular complexity index is 433. The fourth-order valence-electron chi connectivity index (χ4n) is 1.96. The molecular formula is C12H16N2O3. The van der Waals surface area contributed by atoms with Crippen molar-refractivity contribution in [2.75, 3.05) is 0 Å². The van der Waals surface area contributed by atoms with E-state index in [4.69, 9.17) is 10.6 Å². The molecule has 1 aromatic rings. The molecule has 5 nitrogen and oxygen atoms in total. The Morgan fingerprint density at radius 1 is 1.35 bits per heavy atom. The van der Waals surface area contributed by atoms with Crippen LogP contribution in [0.5, 0.6) is 0 Å². The zero-order chi connectivity index (χ0) is 12.7. The van der Waals surface area contributed by atoms with E-state index in [0.717, 1.165) is 10.6 Å². The number of nitrogens with two attached hydrogens (primary N) is 1. The highest BCUT2D eigenvalue weighted by molar-refractivity contribution is 5.71. The number of ether oxygens (including phenoxy) is 1. The molecule has 17 heavy (non-hydrogen) atoms. The summed E-state index contributed by atoms with van der Waals surface area (Å²) in [5.41, 5.74) is -1.61. The van der Waals surface area contributed by atoms with Gasteiger partial charge in [-0.15, -0.1) is 0 Å². The lowest BCUT2D eigenvalue weighted by Gasteiger charge is -2.35. The maximum atomic E-state index is 11.4. The predicted octanol–water partition coefficient (Wildman–Crippen LogP) is 1.02. The van der Waals surface area contributed by atoms with Gasteiger partial charge in [0.1, 0.15) is 0 Å². The van der Waals surface area contributed by atoms with Gasteiger partial charge < -0.3 is 9.84 Å². The highest BCUT2D eigenvalue weighted by atomic mass is 16.6. The van der Waals surface area contributed by atoms with E-state index in [1.807, 2.05) is 30.3 Å². The normalized spacial score (nSPS) is 32.7. The van der Waals surface area contributed by atoms with Gasteiger partial charge in [0.05, 0.1) is 0 Å². The predicted molar refractivity (Wildman–Crippen MR) is 61.7 cm³/mol. The molecule has 1 aliphatic rings. The zero-order valence-corrected chi connectivity index (χ0v) is 9.88. The van der Waals surface area contributed by atoms with Crippen LogP contribution in [-0.4, -0.2) is 27.5 Å². The van der Waals surface area contributed by atoms with Crippen LogP contribution in [0.4, 0.5) is 4.79 Å². The fourth-order valence-corrected chi connectivity index (χ4v) is 1.96. The smallest absolute Gasteiger partial charge is 0.427 e. The van der Waals surface area contributed by atoms with E-state index in [9.17, 15) is 9.90 Å². The fraction of sp³-hybridized carbons (Fsp3) is 0.417. The molecule has 92 valence electrons. The van der Waals surface area contributed by atoms with Gasteiger partial charge in [0.2, 0.25) is 0 Å². The van der Waals surface area contributed by atoms with Crippen molar-refractivity contribution in [3.05, 3.63) is 35.9 Å². The topological polar surface area (TPSA) is 75.8 Å². The average molecular weight is 236 g/mol. The first-order valence-corrected chi connectivity index (χ1v) is 5.41. The Morgan fingerprint density at radius 2 is 1.94 bits per heavy atom. The van der Waals surface area contributed by atoms with E-state index in [1.165, 1.54) is 6.92 Å². The minimum absolute atomic E-state index is 0.403. The number of hydrogen-bond donors (Lipinski definition) is 2. The van der Waals surface area contributed by atoms with Crippen molar-refractivity contribution in [3.8, 4) is 0 Å². The number of carbonyl (C=O) groups is 1. The summed E-state index contributed by atoms with van der Waals surface area (Å²) < 4.78 is 5.19. The SMILES string of the molecule is C[C@]1(Cc2ccccc2)OC(=O)N(N)[C@]1(C)O. The maximum Gasteiger partial charge on any atom is 0.427 e. The molecule has 1 aliphatic heterocycles. The van der Waals surface area contributed by atoms with Gasteiger partial charge in [-0.3, -0.25) is 0 Å². The quantitative estimate of drug-likeness (QED) is 0.594. The Labute approximate surface area is 99.8 Å². The van der Waals surface area contributed by atoms with Crippen LogP contribution in [0.3, 0.4) is 0 Å². The number of nitrogens with zero attached hydrogens (tertiary/aromatic N) is 1. The third-order valence-corrected chi connectivity index (χ3v) is 3.36. The number of carbonyl (C=O) groups excluding carboxylic acids is 1. The average Bonchev–Trinajstić information content (AvgIpc) is 2.41. The van der Waals surface area contributed by atoms with E-state index in [1.54, 1.807) is 6.92 Å². The highest BCUT2D eigenvalue weighted by Crippen LogP contribution is 2.37. The summed E-state index contributed by atoms with van der Waals surface area (Å²) in [4.78, 5) is 11.4. The molecule has 0 saturated carbocycles. The standard InChI is InChI=1S/C12H16N2O3/c1-11(8-9-6-4-3-5-7-9)12(2,16)14(13)10(15)17-11/h3-7,16H,8,13H2,1-2H3/t11-,12-/m1/s1. The van der Waals surface area contributed by atoms with Gasteiger partial charge in [0.25, 0.3) is 0 Å². The van der Waals surface area contributed by atoms with E-state index in [0.29, 0.717) is 6.42 Å². The van der Waals surface area contributed by atoms with Gasteiger partial charge in [-0.25, -0.2) is 15.6 Å². The third kappa shape index (κ3) is 1.77. The molecule has 1 heterocycles. The van der Waals surface area contributed by atoms with Crippen molar-refractivity contribution in [2.45, 2.75) is 31.6 Å². The zero-order valence-electron chi connectivity index (χ0n) is 9.88. The van der Waals surface area contributed by atoms with Gasteiger partial charge in [0.15, 0.2) is 11.3 Å². The summed E-state index contributed by atoms with van der Waals surface area (Å²) in [5.74, 6) is 5.49. The van der Waals surface area contributed by atoms with Crippen LogP contribution in [0.15, 0.2) is 30.3 Å². The van der Waals surface area contributed by atoms with Gasteiger partial charge >= 0.3 is 6.09 Å². The first-order valence-electron chi connectivity index (χ1n) is 5.41. The molecule has 0 aromatic heterocycles.